The molecule has 31 heavy (non-hydrogen) atoms. The molecule has 2 fully saturated rings. The van der Waals surface area contributed by atoms with E-state index in [2.05, 4.69) is 15.0 Å². The van der Waals surface area contributed by atoms with Crippen LogP contribution in [0.25, 0.3) is 0 Å². The van der Waals surface area contributed by atoms with Crippen molar-refractivity contribution in [3.05, 3.63) is 24.3 Å². The molecule has 0 aliphatic heterocycles. The summed E-state index contributed by atoms with van der Waals surface area (Å²) >= 11 is 7.16. The van der Waals surface area contributed by atoms with Gasteiger partial charge < -0.3 is 15.0 Å². The lowest BCUT2D eigenvalue weighted by Gasteiger charge is -2.43. The fourth-order valence-electron chi connectivity index (χ4n) is 4.45. The van der Waals surface area contributed by atoms with Crippen LogP contribution in [0.3, 0.4) is 0 Å². The minimum Gasteiger partial charge on any atom is -0.406 e. The van der Waals surface area contributed by atoms with Crippen molar-refractivity contribution in [2.24, 2.45) is 0 Å². The maximum absolute atomic E-state index is 12.4. The number of ether oxygens (including phenoxy) is 1. The van der Waals surface area contributed by atoms with Gasteiger partial charge in [-0.05, 0) is 49.9 Å². The Kier molecular flexibility index (Phi) is 8.89. The van der Waals surface area contributed by atoms with Crippen LogP contribution >= 0.6 is 24.0 Å². The largest absolute Gasteiger partial charge is 0.573 e. The number of carbonyl (C=O) groups excluding carboxylic acids is 1. The lowest BCUT2D eigenvalue weighted by atomic mass is 9.89. The van der Waals surface area contributed by atoms with Gasteiger partial charge in [0.2, 0.25) is 5.91 Å². The highest BCUT2D eigenvalue weighted by molar-refractivity contribution is 8.23. The molecule has 3 rings (SSSR count). The van der Waals surface area contributed by atoms with Crippen molar-refractivity contribution in [3.63, 3.8) is 0 Å². The summed E-state index contributed by atoms with van der Waals surface area (Å²) in [6, 6.07) is 6.07. The van der Waals surface area contributed by atoms with Gasteiger partial charge in [-0.3, -0.25) is 4.79 Å². The second-order valence-electron chi connectivity index (χ2n) is 8.17. The van der Waals surface area contributed by atoms with Crippen molar-refractivity contribution in [3.8, 4) is 5.75 Å². The fraction of sp³-hybridized carbons (Fsp3) is 0.636. The monoisotopic (exact) mass is 474 g/mol. The second-order valence-corrected chi connectivity index (χ2v) is 9.78. The molecule has 1 amide bonds. The molecule has 2 aliphatic rings. The van der Waals surface area contributed by atoms with Crippen LogP contribution < -0.4 is 10.1 Å². The third-order valence-corrected chi connectivity index (χ3v) is 7.27. The van der Waals surface area contributed by atoms with Gasteiger partial charge >= 0.3 is 6.36 Å². The maximum Gasteiger partial charge on any atom is 0.573 e. The first-order chi connectivity index (χ1) is 14.8. The molecule has 0 heterocycles. The van der Waals surface area contributed by atoms with Gasteiger partial charge in [0.05, 0.1) is 5.75 Å². The molecular weight excluding hydrogens is 445 g/mol. The first kappa shape index (κ1) is 24.2. The Balaban J connectivity index is 1.52. The van der Waals surface area contributed by atoms with Gasteiger partial charge in [-0.1, -0.05) is 62.5 Å². The third-order valence-electron chi connectivity index (χ3n) is 5.85. The highest BCUT2D eigenvalue weighted by Gasteiger charge is 2.32. The summed E-state index contributed by atoms with van der Waals surface area (Å²) in [7, 11) is 0. The molecule has 0 atom stereocenters. The lowest BCUT2D eigenvalue weighted by molar-refractivity contribution is -0.274. The van der Waals surface area contributed by atoms with E-state index in [1.807, 2.05) is 0 Å². The van der Waals surface area contributed by atoms with E-state index in [1.54, 1.807) is 0 Å². The molecule has 2 aliphatic carbocycles. The van der Waals surface area contributed by atoms with E-state index < -0.39 is 6.36 Å². The summed E-state index contributed by atoms with van der Waals surface area (Å²) in [6.07, 6.45) is 7.40. The van der Waals surface area contributed by atoms with Crippen molar-refractivity contribution < 1.29 is 22.7 Å². The lowest BCUT2D eigenvalue weighted by Crippen LogP contribution is -2.47. The number of thioether (sulfide) groups is 1. The van der Waals surface area contributed by atoms with Crippen molar-refractivity contribution in [1.82, 2.24) is 4.90 Å². The van der Waals surface area contributed by atoms with E-state index >= 15 is 0 Å². The van der Waals surface area contributed by atoms with Gasteiger partial charge in [0.25, 0.3) is 0 Å². The summed E-state index contributed by atoms with van der Waals surface area (Å²) in [5.41, 5.74) is 0.419. The highest BCUT2D eigenvalue weighted by Crippen LogP contribution is 2.33. The minimum absolute atomic E-state index is 0.176. The summed E-state index contributed by atoms with van der Waals surface area (Å²) < 4.78 is 41.4. The Labute approximate surface area is 191 Å². The predicted molar refractivity (Wildman–Crippen MR) is 122 cm³/mol. The third kappa shape index (κ3) is 7.86. The van der Waals surface area contributed by atoms with E-state index in [-0.39, 0.29) is 17.4 Å². The van der Waals surface area contributed by atoms with E-state index in [0.717, 1.165) is 30.0 Å². The first-order valence-electron chi connectivity index (χ1n) is 10.9. The van der Waals surface area contributed by atoms with Crippen LogP contribution in [-0.2, 0) is 4.79 Å². The fourth-order valence-corrected chi connectivity index (χ4v) is 5.70. The predicted octanol–water partition coefficient (Wildman–Crippen LogP) is 6.51. The van der Waals surface area contributed by atoms with Gasteiger partial charge in [0, 0.05) is 17.8 Å². The Morgan fingerprint density at radius 3 is 2.00 bits per heavy atom. The number of carbonyl (C=O) groups is 1. The van der Waals surface area contributed by atoms with Crippen molar-refractivity contribution in [2.45, 2.75) is 82.7 Å². The number of hydrogen-bond acceptors (Lipinski definition) is 4. The summed E-state index contributed by atoms with van der Waals surface area (Å²) in [6.45, 7) is 0. The number of halogens is 3. The summed E-state index contributed by atoms with van der Waals surface area (Å²) in [5.74, 6) is -0.379. The molecule has 172 valence electrons. The number of rotatable bonds is 6. The Hall–Kier alpha value is -1.48. The van der Waals surface area contributed by atoms with Crippen LogP contribution in [0.4, 0.5) is 18.9 Å². The maximum atomic E-state index is 12.4. The van der Waals surface area contributed by atoms with E-state index in [1.165, 1.54) is 74.6 Å². The SMILES string of the molecule is O=C(CSC(=S)N(C1CCCCC1)C1CCCCC1)Nc1ccc(OC(F)(F)F)cc1. The van der Waals surface area contributed by atoms with Crippen molar-refractivity contribution in [2.75, 3.05) is 11.1 Å². The number of anilines is 1. The van der Waals surface area contributed by atoms with Gasteiger partial charge in [0.1, 0.15) is 10.1 Å². The van der Waals surface area contributed by atoms with E-state index in [9.17, 15) is 18.0 Å². The number of hydrogen-bond donors (Lipinski definition) is 1. The molecule has 0 radical (unpaired) electrons. The van der Waals surface area contributed by atoms with Crippen LogP contribution in [0, 0.1) is 0 Å². The Bertz CT molecular complexity index is 713. The molecular formula is C22H29F3N2O2S2. The molecule has 2 saturated carbocycles. The number of alkyl halides is 3. The summed E-state index contributed by atoms with van der Waals surface area (Å²) in [4.78, 5) is 14.8. The topological polar surface area (TPSA) is 41.6 Å². The van der Waals surface area contributed by atoms with Crippen LogP contribution in [0.15, 0.2) is 24.3 Å². The quantitative estimate of drug-likeness (QED) is 0.476. The Morgan fingerprint density at radius 1 is 1.00 bits per heavy atom. The molecule has 0 saturated heterocycles. The van der Waals surface area contributed by atoms with Crippen molar-refractivity contribution in [1.29, 1.82) is 0 Å². The second kappa shape index (κ2) is 11.4. The molecule has 1 aromatic carbocycles. The number of nitrogens with zero attached hydrogens (tertiary/aromatic N) is 1. The standard InChI is InChI=1S/C22H29F3N2O2S2/c23-22(24,25)29-19-13-11-16(12-14-19)26-20(28)15-31-21(30)27(17-7-3-1-4-8-17)18-9-5-2-6-10-18/h11-14,17-18H,1-10,15H2,(H,26,28). The number of nitrogens with one attached hydrogen (secondary N) is 1. The molecule has 9 heteroatoms. The van der Waals surface area contributed by atoms with Gasteiger partial charge in [-0.15, -0.1) is 13.2 Å². The highest BCUT2D eigenvalue weighted by atomic mass is 32.2. The van der Waals surface area contributed by atoms with Gasteiger partial charge in [0.15, 0.2) is 0 Å². The smallest absolute Gasteiger partial charge is 0.406 e. The van der Waals surface area contributed by atoms with Crippen LogP contribution in [-0.4, -0.2) is 39.3 Å². The molecule has 4 nitrogen and oxygen atoms in total. The number of amides is 1. The zero-order valence-electron chi connectivity index (χ0n) is 17.5. The molecule has 0 aromatic heterocycles. The average Bonchev–Trinajstić information content (AvgIpc) is 2.74. The van der Waals surface area contributed by atoms with E-state index in [0.29, 0.717) is 17.8 Å². The average molecular weight is 475 g/mol. The van der Waals surface area contributed by atoms with Crippen LogP contribution in [0.1, 0.15) is 64.2 Å². The molecule has 1 aromatic rings. The zero-order valence-corrected chi connectivity index (χ0v) is 19.1. The minimum atomic E-state index is -4.74. The zero-order chi connectivity index (χ0) is 22.3. The van der Waals surface area contributed by atoms with Crippen LogP contribution in [0.5, 0.6) is 5.75 Å². The molecule has 0 unspecified atom stereocenters. The number of thiocarbonyl (C=S) groups is 1. The van der Waals surface area contributed by atoms with Crippen molar-refractivity contribution >= 4 is 39.9 Å². The molecule has 0 bridgehead atoms. The number of benzene rings is 1. The van der Waals surface area contributed by atoms with Crippen LogP contribution in [0.2, 0.25) is 0 Å². The first-order valence-corrected chi connectivity index (χ1v) is 12.3. The van der Waals surface area contributed by atoms with Gasteiger partial charge in [-0.25, -0.2) is 0 Å². The normalized spacial score (nSPS) is 18.4. The summed E-state index contributed by atoms with van der Waals surface area (Å²) in [5, 5.41) is 2.71. The Morgan fingerprint density at radius 2 is 1.52 bits per heavy atom. The molecule has 0 spiro atoms. The van der Waals surface area contributed by atoms with Gasteiger partial charge in [-0.2, -0.15) is 0 Å². The molecule has 1 N–H and O–H groups in total. The van der Waals surface area contributed by atoms with E-state index in [4.69, 9.17) is 12.2 Å².